The zero-order valence-electron chi connectivity index (χ0n) is 7.84. The van der Waals surface area contributed by atoms with Crippen molar-refractivity contribution in [3.05, 3.63) is 30.3 Å². The SMILES string of the molecule is O=CN(CC(=O)[O-])c1ccccc1.[Na+]. The Balaban J connectivity index is 0.00000169. The first-order valence-electron chi connectivity index (χ1n) is 3.71. The second-order valence-electron chi connectivity index (χ2n) is 2.44. The Labute approximate surface area is 104 Å². The first-order valence-corrected chi connectivity index (χ1v) is 3.71. The van der Waals surface area contributed by atoms with Gasteiger partial charge < -0.3 is 14.8 Å². The number of anilines is 1. The van der Waals surface area contributed by atoms with Crippen LogP contribution in [0, 0.1) is 0 Å². The van der Waals surface area contributed by atoms with Crippen LogP contribution in [0.15, 0.2) is 30.3 Å². The van der Waals surface area contributed by atoms with Crippen LogP contribution >= 0.6 is 0 Å². The molecule has 4 nitrogen and oxygen atoms in total. The number of aliphatic carboxylic acids is 1. The number of carboxylic acid groups (broad SMARTS) is 1. The van der Waals surface area contributed by atoms with E-state index in [1.54, 1.807) is 30.3 Å². The molecule has 0 radical (unpaired) electrons. The molecule has 1 aromatic rings. The molecule has 0 saturated carbocycles. The number of rotatable bonds is 4. The summed E-state index contributed by atoms with van der Waals surface area (Å²) < 4.78 is 0. The average Bonchev–Trinajstić information content (AvgIpc) is 2.15. The maximum atomic E-state index is 10.5. The summed E-state index contributed by atoms with van der Waals surface area (Å²) in [6.45, 7) is -0.423. The van der Waals surface area contributed by atoms with Crippen molar-refractivity contribution < 1.29 is 44.3 Å². The van der Waals surface area contributed by atoms with Crippen LogP contribution in [0.3, 0.4) is 0 Å². The molecule has 68 valence electrons. The van der Waals surface area contributed by atoms with Gasteiger partial charge in [-0.25, -0.2) is 0 Å². The summed E-state index contributed by atoms with van der Waals surface area (Å²) in [6.07, 6.45) is 0.463. The van der Waals surface area contributed by atoms with Gasteiger partial charge in [0.25, 0.3) is 0 Å². The molecule has 14 heavy (non-hydrogen) atoms. The number of para-hydroxylation sites is 1. The number of amides is 1. The van der Waals surface area contributed by atoms with E-state index in [0.29, 0.717) is 12.1 Å². The molecule has 1 aromatic carbocycles. The number of carboxylic acids is 1. The molecule has 0 saturated heterocycles. The number of hydrogen-bond donors (Lipinski definition) is 0. The van der Waals surface area contributed by atoms with Crippen LogP contribution in [0.4, 0.5) is 5.69 Å². The molecular weight excluding hydrogens is 193 g/mol. The van der Waals surface area contributed by atoms with E-state index < -0.39 is 12.5 Å². The van der Waals surface area contributed by atoms with E-state index in [0.717, 1.165) is 4.90 Å². The normalized spacial score (nSPS) is 8.57. The van der Waals surface area contributed by atoms with E-state index >= 15 is 0 Å². The van der Waals surface area contributed by atoms with E-state index in [9.17, 15) is 14.7 Å². The molecule has 0 heterocycles. The summed E-state index contributed by atoms with van der Waals surface area (Å²) in [7, 11) is 0. The Bertz CT molecular complexity index is 302. The van der Waals surface area contributed by atoms with Crippen molar-refractivity contribution in [1.29, 1.82) is 0 Å². The largest absolute Gasteiger partial charge is 1.00 e. The third kappa shape index (κ3) is 3.91. The van der Waals surface area contributed by atoms with Gasteiger partial charge in [-0.3, -0.25) is 4.79 Å². The Morgan fingerprint density at radius 1 is 1.36 bits per heavy atom. The van der Waals surface area contributed by atoms with Crippen molar-refractivity contribution in [2.45, 2.75) is 0 Å². The third-order valence-electron chi connectivity index (χ3n) is 1.51. The van der Waals surface area contributed by atoms with Crippen molar-refractivity contribution in [2.75, 3.05) is 11.4 Å². The summed E-state index contributed by atoms with van der Waals surface area (Å²) in [5.74, 6) is -1.28. The fourth-order valence-electron chi connectivity index (χ4n) is 0.948. The van der Waals surface area contributed by atoms with Gasteiger partial charge in [0.2, 0.25) is 6.41 Å². The van der Waals surface area contributed by atoms with Crippen molar-refractivity contribution in [3.8, 4) is 0 Å². The zero-order valence-corrected chi connectivity index (χ0v) is 9.84. The quantitative estimate of drug-likeness (QED) is 0.373. The first kappa shape index (κ1) is 13.2. The molecule has 0 fully saturated rings. The fraction of sp³-hybridized carbons (Fsp3) is 0.111. The first-order chi connectivity index (χ1) is 6.24. The minimum Gasteiger partial charge on any atom is -0.548 e. The van der Waals surface area contributed by atoms with E-state index in [1.807, 2.05) is 0 Å². The van der Waals surface area contributed by atoms with Gasteiger partial charge >= 0.3 is 29.6 Å². The zero-order chi connectivity index (χ0) is 9.68. The molecule has 1 amide bonds. The molecule has 0 bridgehead atoms. The van der Waals surface area contributed by atoms with Crippen molar-refractivity contribution in [2.24, 2.45) is 0 Å². The molecular formula is C9H8NNaO3. The Morgan fingerprint density at radius 2 is 1.93 bits per heavy atom. The van der Waals surface area contributed by atoms with E-state index in [-0.39, 0.29) is 29.6 Å². The monoisotopic (exact) mass is 201 g/mol. The van der Waals surface area contributed by atoms with E-state index in [1.165, 1.54) is 0 Å². The fourth-order valence-corrected chi connectivity index (χ4v) is 0.948. The number of carbonyl (C=O) groups is 2. The predicted molar refractivity (Wildman–Crippen MR) is 44.9 cm³/mol. The average molecular weight is 201 g/mol. The molecule has 0 N–H and O–H groups in total. The van der Waals surface area contributed by atoms with Gasteiger partial charge in [0.15, 0.2) is 0 Å². The number of hydrogen-bond acceptors (Lipinski definition) is 3. The molecule has 0 aromatic heterocycles. The van der Waals surface area contributed by atoms with Crippen LogP contribution in [0.5, 0.6) is 0 Å². The Morgan fingerprint density at radius 3 is 2.36 bits per heavy atom. The van der Waals surface area contributed by atoms with Crippen LogP contribution in [0.1, 0.15) is 0 Å². The topological polar surface area (TPSA) is 60.4 Å². The smallest absolute Gasteiger partial charge is 0.548 e. The molecule has 0 aliphatic rings. The summed E-state index contributed by atoms with van der Waals surface area (Å²) in [5, 5.41) is 10.2. The molecule has 1 rings (SSSR count). The van der Waals surface area contributed by atoms with Gasteiger partial charge in [-0.2, -0.15) is 0 Å². The second-order valence-corrected chi connectivity index (χ2v) is 2.44. The molecule has 0 spiro atoms. The van der Waals surface area contributed by atoms with Gasteiger partial charge in [0.1, 0.15) is 0 Å². The third-order valence-corrected chi connectivity index (χ3v) is 1.51. The predicted octanol–water partition coefficient (Wildman–Crippen LogP) is -3.60. The summed E-state index contributed by atoms with van der Waals surface area (Å²) in [6, 6.07) is 8.53. The number of carbonyl (C=O) groups excluding carboxylic acids is 2. The second kappa shape index (κ2) is 6.59. The molecule has 0 unspecified atom stereocenters. The van der Waals surface area contributed by atoms with E-state index in [2.05, 4.69) is 0 Å². The Kier molecular flexibility index (Phi) is 6.19. The van der Waals surface area contributed by atoms with Crippen LogP contribution in [-0.4, -0.2) is 18.9 Å². The summed E-state index contributed by atoms with van der Waals surface area (Å²) in [5.41, 5.74) is 0.543. The minimum atomic E-state index is -1.28. The van der Waals surface area contributed by atoms with Gasteiger partial charge in [-0.1, -0.05) is 18.2 Å². The maximum absolute atomic E-state index is 10.5. The van der Waals surface area contributed by atoms with Gasteiger partial charge in [-0.15, -0.1) is 0 Å². The number of nitrogens with zero attached hydrogens (tertiary/aromatic N) is 1. The molecule has 0 atom stereocenters. The summed E-state index contributed by atoms with van der Waals surface area (Å²) in [4.78, 5) is 21.8. The van der Waals surface area contributed by atoms with Crippen LogP contribution in [0.25, 0.3) is 0 Å². The Hall–Kier alpha value is -0.840. The maximum Gasteiger partial charge on any atom is 1.00 e. The van der Waals surface area contributed by atoms with Crippen molar-refractivity contribution in [1.82, 2.24) is 0 Å². The summed E-state index contributed by atoms with van der Waals surface area (Å²) >= 11 is 0. The molecule has 0 aliphatic carbocycles. The molecule has 5 heteroatoms. The van der Waals surface area contributed by atoms with Crippen molar-refractivity contribution >= 4 is 18.1 Å². The van der Waals surface area contributed by atoms with Crippen LogP contribution < -0.4 is 39.6 Å². The number of benzene rings is 1. The van der Waals surface area contributed by atoms with Gasteiger partial charge in [-0.05, 0) is 12.1 Å². The minimum absolute atomic E-state index is 0. The van der Waals surface area contributed by atoms with Crippen LogP contribution in [0.2, 0.25) is 0 Å². The van der Waals surface area contributed by atoms with Gasteiger partial charge in [0.05, 0.1) is 12.5 Å². The van der Waals surface area contributed by atoms with Crippen molar-refractivity contribution in [3.63, 3.8) is 0 Å². The van der Waals surface area contributed by atoms with Gasteiger partial charge in [0, 0.05) is 5.69 Å². The standard InChI is InChI=1S/C9H9NO3.Na/c11-7-10(6-9(12)13)8-4-2-1-3-5-8;/h1-5,7H,6H2,(H,12,13);/q;+1/p-1. The van der Waals surface area contributed by atoms with Crippen LogP contribution in [-0.2, 0) is 9.59 Å². The molecule has 0 aliphatic heterocycles. The van der Waals surface area contributed by atoms with E-state index in [4.69, 9.17) is 0 Å².